The van der Waals surface area contributed by atoms with Crippen molar-refractivity contribution < 1.29 is 9.90 Å². The maximum atomic E-state index is 12.2. The molecular formula is C23H38O2. The van der Waals surface area contributed by atoms with Crippen LogP contribution in [0.4, 0.5) is 0 Å². The molecule has 0 unspecified atom stereocenters. The molecule has 0 aliphatic heterocycles. The second kappa shape index (κ2) is 5.81. The highest BCUT2D eigenvalue weighted by Gasteiger charge is 2.60. The Bertz CT molecular complexity index is 552. The van der Waals surface area contributed by atoms with Gasteiger partial charge in [0, 0.05) is 5.92 Å². The van der Waals surface area contributed by atoms with Crippen molar-refractivity contribution in [3.05, 3.63) is 0 Å². The molecule has 0 heterocycles. The number of Topliss-reactive ketones (excluding diaryl/α,β-unsaturated/α-hetero) is 1. The van der Waals surface area contributed by atoms with E-state index < -0.39 is 5.60 Å². The third-order valence-electron chi connectivity index (χ3n) is 9.79. The lowest BCUT2D eigenvalue weighted by molar-refractivity contribution is -0.131. The van der Waals surface area contributed by atoms with Crippen LogP contribution in [0, 0.1) is 40.4 Å². The van der Waals surface area contributed by atoms with E-state index in [9.17, 15) is 9.90 Å². The highest BCUT2D eigenvalue weighted by Crippen LogP contribution is 2.67. The van der Waals surface area contributed by atoms with Gasteiger partial charge in [-0.25, -0.2) is 0 Å². The average Bonchev–Trinajstić information content (AvgIpc) is 2.84. The minimum Gasteiger partial charge on any atom is -0.390 e. The van der Waals surface area contributed by atoms with Crippen molar-refractivity contribution >= 4 is 5.78 Å². The molecule has 0 radical (unpaired) electrons. The maximum absolute atomic E-state index is 12.2. The predicted molar refractivity (Wildman–Crippen MR) is 101 cm³/mol. The molecule has 4 aliphatic carbocycles. The summed E-state index contributed by atoms with van der Waals surface area (Å²) in [6, 6.07) is 0. The highest BCUT2D eigenvalue weighted by molar-refractivity contribution is 5.79. The van der Waals surface area contributed by atoms with Crippen molar-refractivity contribution in [3.8, 4) is 0 Å². The summed E-state index contributed by atoms with van der Waals surface area (Å²) in [7, 11) is 0. The van der Waals surface area contributed by atoms with Gasteiger partial charge in [0.15, 0.2) is 0 Å². The summed E-state index contributed by atoms with van der Waals surface area (Å²) in [5, 5.41) is 10.7. The zero-order valence-corrected chi connectivity index (χ0v) is 16.8. The number of ketones is 1. The lowest BCUT2D eigenvalue weighted by atomic mass is 9.46. The summed E-state index contributed by atoms with van der Waals surface area (Å²) in [4.78, 5) is 12.2. The topological polar surface area (TPSA) is 37.3 Å². The Labute approximate surface area is 154 Å². The van der Waals surface area contributed by atoms with E-state index in [1.165, 1.54) is 44.9 Å². The fourth-order valence-corrected chi connectivity index (χ4v) is 8.22. The van der Waals surface area contributed by atoms with Gasteiger partial charge in [-0.1, -0.05) is 13.8 Å². The molecule has 0 amide bonds. The summed E-state index contributed by atoms with van der Waals surface area (Å²) >= 11 is 0. The number of hydrogen-bond donors (Lipinski definition) is 1. The Morgan fingerprint density at radius 3 is 2.24 bits per heavy atom. The molecular weight excluding hydrogens is 308 g/mol. The Kier molecular flexibility index (Phi) is 4.19. The van der Waals surface area contributed by atoms with Crippen LogP contribution < -0.4 is 0 Å². The van der Waals surface area contributed by atoms with Gasteiger partial charge in [0.25, 0.3) is 0 Å². The van der Waals surface area contributed by atoms with Crippen LogP contribution in [0.15, 0.2) is 0 Å². The molecule has 0 saturated heterocycles. The summed E-state index contributed by atoms with van der Waals surface area (Å²) in [5.74, 6) is 3.97. The van der Waals surface area contributed by atoms with Crippen LogP contribution in [0.5, 0.6) is 0 Å². The van der Waals surface area contributed by atoms with E-state index in [0.29, 0.717) is 17.1 Å². The van der Waals surface area contributed by atoms with E-state index in [-0.39, 0.29) is 5.41 Å². The van der Waals surface area contributed by atoms with Gasteiger partial charge in [-0.2, -0.15) is 0 Å². The van der Waals surface area contributed by atoms with Crippen molar-refractivity contribution in [1.82, 2.24) is 0 Å². The Morgan fingerprint density at radius 2 is 1.52 bits per heavy atom. The largest absolute Gasteiger partial charge is 0.390 e. The van der Waals surface area contributed by atoms with E-state index in [2.05, 4.69) is 20.8 Å². The molecule has 4 fully saturated rings. The zero-order valence-electron chi connectivity index (χ0n) is 16.8. The number of rotatable bonds is 1. The van der Waals surface area contributed by atoms with Crippen LogP contribution in [0.2, 0.25) is 0 Å². The first kappa shape index (κ1) is 18.0. The second-order valence-electron chi connectivity index (χ2n) is 11.0. The molecule has 4 saturated carbocycles. The third-order valence-corrected chi connectivity index (χ3v) is 9.79. The number of carbonyl (C=O) groups excluding carboxylic acids is 1. The van der Waals surface area contributed by atoms with Crippen molar-refractivity contribution in [1.29, 1.82) is 0 Å². The quantitative estimate of drug-likeness (QED) is 0.692. The maximum Gasteiger partial charge on any atom is 0.133 e. The fraction of sp³-hybridized carbons (Fsp3) is 0.957. The number of fused-ring (bicyclic) bond motifs is 5. The van der Waals surface area contributed by atoms with Gasteiger partial charge in [0.05, 0.1) is 5.60 Å². The first-order chi connectivity index (χ1) is 11.7. The van der Waals surface area contributed by atoms with Crippen LogP contribution in [0.1, 0.15) is 91.9 Å². The van der Waals surface area contributed by atoms with Crippen LogP contribution >= 0.6 is 0 Å². The molecule has 2 heteroatoms. The summed E-state index contributed by atoms with van der Waals surface area (Å²) in [5.41, 5.74) is 0.234. The lowest BCUT2D eigenvalue weighted by Gasteiger charge is -2.59. The Balaban J connectivity index is 1.62. The number of hydrogen-bond acceptors (Lipinski definition) is 2. The lowest BCUT2D eigenvalue weighted by Crippen LogP contribution is -2.52. The van der Waals surface area contributed by atoms with Gasteiger partial charge in [0.2, 0.25) is 0 Å². The predicted octanol–water partition coefficient (Wildman–Crippen LogP) is 5.38. The Hall–Kier alpha value is -0.370. The van der Waals surface area contributed by atoms with Gasteiger partial charge < -0.3 is 5.11 Å². The number of carbonyl (C=O) groups is 1. The Morgan fingerprint density at radius 1 is 0.800 bits per heavy atom. The highest BCUT2D eigenvalue weighted by atomic mass is 16.3. The van der Waals surface area contributed by atoms with E-state index in [1.807, 2.05) is 6.92 Å². The summed E-state index contributed by atoms with van der Waals surface area (Å²) in [6.45, 7) is 8.89. The first-order valence-corrected chi connectivity index (χ1v) is 10.9. The molecule has 0 aromatic rings. The first-order valence-electron chi connectivity index (χ1n) is 10.9. The number of aliphatic hydroxyl groups is 1. The van der Waals surface area contributed by atoms with Gasteiger partial charge in [-0.3, -0.25) is 4.79 Å². The second-order valence-corrected chi connectivity index (χ2v) is 11.0. The molecule has 0 aromatic heterocycles. The minimum absolute atomic E-state index is 0.270. The van der Waals surface area contributed by atoms with E-state index in [4.69, 9.17) is 0 Å². The van der Waals surface area contributed by atoms with Crippen LogP contribution in [0.3, 0.4) is 0 Å². The van der Waals surface area contributed by atoms with Gasteiger partial charge in [-0.05, 0) is 113 Å². The summed E-state index contributed by atoms with van der Waals surface area (Å²) < 4.78 is 0. The van der Waals surface area contributed by atoms with Crippen molar-refractivity contribution in [2.24, 2.45) is 40.4 Å². The van der Waals surface area contributed by atoms with Crippen LogP contribution in [0.25, 0.3) is 0 Å². The molecule has 0 spiro atoms. The molecule has 4 rings (SSSR count). The molecule has 2 nitrogen and oxygen atoms in total. The van der Waals surface area contributed by atoms with Crippen LogP contribution in [-0.4, -0.2) is 16.5 Å². The minimum atomic E-state index is -0.452. The van der Waals surface area contributed by atoms with E-state index in [1.54, 1.807) is 0 Å². The van der Waals surface area contributed by atoms with E-state index in [0.717, 1.165) is 42.9 Å². The van der Waals surface area contributed by atoms with Gasteiger partial charge in [-0.15, -0.1) is 0 Å². The molecule has 1 N–H and O–H groups in total. The average molecular weight is 347 g/mol. The molecule has 0 aromatic carbocycles. The SMILES string of the molecule is CC(=O)[C@H]1CC[C@H]2[C@@H]3CC[C@H]4CC[C@@](C)(O)CC[C@]4(C)[C@H]3CC[C@]12C. The van der Waals surface area contributed by atoms with Crippen molar-refractivity contribution in [2.75, 3.05) is 0 Å². The third kappa shape index (κ3) is 2.65. The van der Waals surface area contributed by atoms with Crippen molar-refractivity contribution in [2.45, 2.75) is 97.5 Å². The zero-order chi connectivity index (χ0) is 18.0. The normalized spacial score (nSPS) is 55.6. The van der Waals surface area contributed by atoms with Crippen molar-refractivity contribution in [3.63, 3.8) is 0 Å². The van der Waals surface area contributed by atoms with Gasteiger partial charge >= 0.3 is 0 Å². The summed E-state index contributed by atoms with van der Waals surface area (Å²) in [6.07, 6.45) is 12.1. The monoisotopic (exact) mass is 346 g/mol. The molecule has 142 valence electrons. The fourth-order valence-electron chi connectivity index (χ4n) is 8.22. The smallest absolute Gasteiger partial charge is 0.133 e. The molecule has 0 bridgehead atoms. The van der Waals surface area contributed by atoms with E-state index >= 15 is 0 Å². The van der Waals surface area contributed by atoms with Gasteiger partial charge in [0.1, 0.15) is 5.78 Å². The van der Waals surface area contributed by atoms with Crippen LogP contribution in [-0.2, 0) is 4.79 Å². The molecule has 25 heavy (non-hydrogen) atoms. The molecule has 4 aliphatic rings. The molecule has 8 atom stereocenters. The standard InChI is InChI=1S/C23H38O2/c1-15(24)18-7-8-19-17-6-5-16-9-11-21(2,25)13-14-22(16,3)20(17)10-12-23(18,19)4/h16-20,25H,5-14H2,1-4H3/t16-,17-,18+,19-,20-,21+,22-,23+/m0/s1.